The molecule has 13 heavy (non-hydrogen) atoms. The first-order valence-electron chi connectivity index (χ1n) is 3.92. The molecule has 0 saturated heterocycles. The normalized spacial score (nSPS) is 8.46. The van der Waals surface area contributed by atoms with E-state index in [0.717, 1.165) is 0 Å². The van der Waals surface area contributed by atoms with E-state index in [1.54, 1.807) is 12.4 Å². The largest absolute Gasteiger partial charge is 0.265 e. The van der Waals surface area contributed by atoms with Gasteiger partial charge < -0.3 is 0 Å². The maximum absolute atomic E-state index is 3.78. The topological polar surface area (TPSA) is 12.9 Å². The summed E-state index contributed by atoms with van der Waals surface area (Å²) in [6.45, 7) is 0. The number of hydrogen-bond acceptors (Lipinski definition) is 1. The predicted octanol–water partition coefficient (Wildman–Crippen LogP) is 1.94. The molecule has 0 radical (unpaired) electrons. The van der Waals surface area contributed by atoms with Crippen LogP contribution in [0, 0.1) is 0 Å². The molecule has 0 saturated carbocycles. The van der Waals surface area contributed by atoms with E-state index >= 15 is 0 Å². The van der Waals surface area contributed by atoms with E-state index in [4.69, 9.17) is 0 Å². The van der Waals surface area contributed by atoms with Crippen LogP contribution in [0.1, 0.15) is 0 Å². The summed E-state index contributed by atoms with van der Waals surface area (Å²) in [4.78, 5) is 3.78. The molecule has 1 heterocycles. The van der Waals surface area contributed by atoms with Crippen LogP contribution in [-0.2, 0) is 19.8 Å². The van der Waals surface area contributed by atoms with Crippen LogP contribution in [0.3, 0.4) is 0 Å². The fourth-order valence-electron chi connectivity index (χ4n) is 0.715. The van der Waals surface area contributed by atoms with Crippen molar-refractivity contribution >= 4 is 3.95 Å². The first-order chi connectivity index (χ1) is 6.39. The Morgan fingerprint density at radius 3 is 1.54 bits per heavy atom. The standard InChI is InChI=1S/C6H5.C5H5N.Pt/c2*1-2-4-6-5-3-1;/h2*1-5H;. The van der Waals surface area contributed by atoms with Crippen LogP contribution in [0.4, 0.5) is 0 Å². The van der Waals surface area contributed by atoms with Gasteiger partial charge >= 0.3 is 54.1 Å². The Kier molecular flexibility index (Phi) is 5.12. The van der Waals surface area contributed by atoms with Crippen molar-refractivity contribution in [1.82, 2.24) is 4.98 Å². The number of pyridine rings is 1. The first kappa shape index (κ1) is 10.1. The van der Waals surface area contributed by atoms with Crippen LogP contribution in [0.15, 0.2) is 60.9 Å². The molecule has 2 heteroatoms. The first-order valence-corrected chi connectivity index (χ1v) is 5.05. The van der Waals surface area contributed by atoms with Gasteiger partial charge in [-0.1, -0.05) is 6.07 Å². The van der Waals surface area contributed by atoms with Gasteiger partial charge in [-0.2, -0.15) is 0 Å². The van der Waals surface area contributed by atoms with E-state index in [0.29, 0.717) is 0 Å². The SMILES string of the molecule is [Pt][c]1ccccc1.c1ccncc1. The fraction of sp³-hybridized carbons (Fsp3) is 0. The Balaban J connectivity index is 0.000000132. The molecule has 0 N–H and O–H groups in total. The van der Waals surface area contributed by atoms with Crippen molar-refractivity contribution in [3.05, 3.63) is 60.9 Å². The molecular weight excluding hydrogens is 341 g/mol. The van der Waals surface area contributed by atoms with E-state index in [1.165, 1.54) is 3.95 Å². The zero-order valence-corrected chi connectivity index (χ0v) is 9.31. The third-order valence-corrected chi connectivity index (χ3v) is 2.04. The molecule has 0 amide bonds. The van der Waals surface area contributed by atoms with Crippen LogP contribution >= 0.6 is 0 Å². The molecule has 0 unspecified atom stereocenters. The van der Waals surface area contributed by atoms with Crippen molar-refractivity contribution in [2.75, 3.05) is 0 Å². The third kappa shape index (κ3) is 5.32. The van der Waals surface area contributed by atoms with Gasteiger partial charge in [-0.05, 0) is 12.1 Å². The van der Waals surface area contributed by atoms with Crippen LogP contribution in [0.2, 0.25) is 0 Å². The van der Waals surface area contributed by atoms with Crippen LogP contribution in [0.25, 0.3) is 0 Å². The summed E-state index contributed by atoms with van der Waals surface area (Å²) in [5, 5.41) is 0. The molecule has 0 fully saturated rings. The van der Waals surface area contributed by atoms with Crippen molar-refractivity contribution in [3.63, 3.8) is 0 Å². The third-order valence-electron chi connectivity index (χ3n) is 1.28. The summed E-state index contributed by atoms with van der Waals surface area (Å²) in [7, 11) is 0. The molecule has 2 aromatic rings. The Labute approximate surface area is 89.7 Å². The average Bonchev–Trinajstić information content (AvgIpc) is 2.22. The van der Waals surface area contributed by atoms with E-state index < -0.39 is 0 Å². The van der Waals surface area contributed by atoms with Gasteiger partial charge in [0, 0.05) is 12.4 Å². The minimum atomic E-state index is 1.29. The summed E-state index contributed by atoms with van der Waals surface area (Å²) in [5.74, 6) is 0. The molecule has 1 aromatic heterocycles. The van der Waals surface area contributed by atoms with Crippen LogP contribution in [-0.4, -0.2) is 4.98 Å². The van der Waals surface area contributed by atoms with Crippen molar-refractivity contribution < 1.29 is 19.8 Å². The van der Waals surface area contributed by atoms with Gasteiger partial charge in [0.1, 0.15) is 0 Å². The fourth-order valence-corrected chi connectivity index (χ4v) is 1.15. The smallest absolute Gasteiger partial charge is 0.0267 e. The molecule has 0 aliphatic heterocycles. The molecule has 69 valence electrons. The van der Waals surface area contributed by atoms with Gasteiger partial charge in [0.15, 0.2) is 0 Å². The Hall–Kier alpha value is -0.942. The second-order valence-electron chi connectivity index (χ2n) is 2.28. The Bertz CT molecular complexity index is 281. The minimum Gasteiger partial charge on any atom is -0.265 e. The molecule has 0 bridgehead atoms. The summed E-state index contributed by atoms with van der Waals surface area (Å²) in [6.07, 6.45) is 3.50. The minimum absolute atomic E-state index is 1.29. The number of rotatable bonds is 0. The van der Waals surface area contributed by atoms with Gasteiger partial charge in [0.2, 0.25) is 0 Å². The molecule has 0 aliphatic carbocycles. The number of hydrogen-bond donors (Lipinski definition) is 0. The quantitative estimate of drug-likeness (QED) is 0.707. The zero-order chi connectivity index (χ0) is 9.36. The van der Waals surface area contributed by atoms with E-state index in [1.807, 2.05) is 36.4 Å². The monoisotopic (exact) mass is 351 g/mol. The van der Waals surface area contributed by atoms with Gasteiger partial charge in [-0.25, -0.2) is 0 Å². The summed E-state index contributed by atoms with van der Waals surface area (Å²) >= 11 is 2.27. The summed E-state index contributed by atoms with van der Waals surface area (Å²) in [5.41, 5.74) is 0. The average molecular weight is 351 g/mol. The zero-order valence-electron chi connectivity index (χ0n) is 7.04. The molecule has 2 rings (SSSR count). The Morgan fingerprint density at radius 1 is 0.769 bits per heavy atom. The van der Waals surface area contributed by atoms with Crippen LogP contribution < -0.4 is 3.95 Å². The number of nitrogens with zero attached hydrogens (tertiary/aromatic N) is 1. The summed E-state index contributed by atoms with van der Waals surface area (Å²) in [6, 6.07) is 15.9. The summed E-state index contributed by atoms with van der Waals surface area (Å²) < 4.78 is 1.29. The molecule has 0 spiro atoms. The molecule has 1 nitrogen and oxygen atoms in total. The molecular formula is C11H10NPt. The maximum Gasteiger partial charge on any atom is 0.0267 e. The van der Waals surface area contributed by atoms with E-state index in [2.05, 4.69) is 36.9 Å². The molecule has 1 aromatic carbocycles. The number of benzene rings is 1. The van der Waals surface area contributed by atoms with Gasteiger partial charge in [-0.15, -0.1) is 0 Å². The number of aromatic nitrogens is 1. The van der Waals surface area contributed by atoms with Crippen molar-refractivity contribution in [3.8, 4) is 0 Å². The molecule has 0 aliphatic rings. The van der Waals surface area contributed by atoms with Gasteiger partial charge in [-0.3, -0.25) is 4.98 Å². The van der Waals surface area contributed by atoms with Crippen molar-refractivity contribution in [2.24, 2.45) is 0 Å². The van der Waals surface area contributed by atoms with Crippen molar-refractivity contribution in [1.29, 1.82) is 0 Å². The molecule has 0 atom stereocenters. The van der Waals surface area contributed by atoms with Gasteiger partial charge in [0.05, 0.1) is 0 Å². The maximum atomic E-state index is 3.78. The van der Waals surface area contributed by atoms with E-state index in [-0.39, 0.29) is 0 Å². The van der Waals surface area contributed by atoms with Crippen molar-refractivity contribution in [2.45, 2.75) is 0 Å². The second-order valence-corrected chi connectivity index (χ2v) is 3.60. The predicted molar refractivity (Wildman–Crippen MR) is 50.3 cm³/mol. The van der Waals surface area contributed by atoms with Gasteiger partial charge in [0.25, 0.3) is 0 Å². The van der Waals surface area contributed by atoms with Crippen LogP contribution in [0.5, 0.6) is 0 Å². The van der Waals surface area contributed by atoms with E-state index in [9.17, 15) is 0 Å². The second kappa shape index (κ2) is 6.56. The Morgan fingerprint density at radius 2 is 1.31 bits per heavy atom.